The first-order valence-electron chi connectivity index (χ1n) is 8.12. The lowest BCUT2D eigenvalue weighted by molar-refractivity contribution is -0.122. The highest BCUT2D eigenvalue weighted by Crippen LogP contribution is 2.27. The fourth-order valence-corrected chi connectivity index (χ4v) is 2.86. The van der Waals surface area contributed by atoms with Crippen molar-refractivity contribution in [2.75, 3.05) is 17.8 Å². The van der Waals surface area contributed by atoms with Gasteiger partial charge < -0.3 is 10.5 Å². The van der Waals surface area contributed by atoms with Crippen LogP contribution in [0.15, 0.2) is 30.6 Å². The highest BCUT2D eigenvalue weighted by molar-refractivity contribution is 6.35. The maximum absolute atomic E-state index is 12.0. The topological polar surface area (TPSA) is 120 Å². The second kappa shape index (κ2) is 8.32. The van der Waals surface area contributed by atoms with Crippen LogP contribution in [0.2, 0.25) is 10.0 Å². The molecule has 0 aliphatic rings. The number of hydrazine groups is 1. The lowest BCUT2D eigenvalue weighted by atomic mass is 10.3. The molecule has 146 valence electrons. The van der Waals surface area contributed by atoms with E-state index in [9.17, 15) is 4.79 Å². The van der Waals surface area contributed by atoms with E-state index in [-0.39, 0.29) is 18.1 Å². The number of rotatable bonds is 6. The van der Waals surface area contributed by atoms with Crippen LogP contribution in [-0.2, 0) is 4.79 Å². The van der Waals surface area contributed by atoms with E-state index in [1.54, 1.807) is 16.8 Å². The molecule has 0 saturated heterocycles. The first kappa shape index (κ1) is 19.7. The summed E-state index contributed by atoms with van der Waals surface area (Å²) in [5.41, 5.74) is 13.2. The number of amides is 1. The van der Waals surface area contributed by atoms with E-state index in [0.29, 0.717) is 21.6 Å². The minimum atomic E-state index is -0.461. The van der Waals surface area contributed by atoms with Crippen LogP contribution in [0.4, 0.5) is 11.5 Å². The SMILES string of the molecule is Cc1cc(C)n(-c2ncnc(NNC(=O)COc3ccc(Cl)cc3Cl)c2N)n1. The van der Waals surface area contributed by atoms with Gasteiger partial charge in [0, 0.05) is 10.7 Å². The van der Waals surface area contributed by atoms with Crippen LogP contribution < -0.4 is 21.3 Å². The summed E-state index contributed by atoms with van der Waals surface area (Å²) >= 11 is 11.8. The van der Waals surface area contributed by atoms with Gasteiger partial charge in [0.25, 0.3) is 5.91 Å². The molecule has 2 heterocycles. The quantitative estimate of drug-likeness (QED) is 0.523. The average molecular weight is 422 g/mol. The molecule has 0 aliphatic heterocycles. The highest BCUT2D eigenvalue weighted by Gasteiger charge is 2.14. The van der Waals surface area contributed by atoms with Crippen molar-refractivity contribution in [3.63, 3.8) is 0 Å². The average Bonchev–Trinajstić information content (AvgIpc) is 2.98. The minimum Gasteiger partial charge on any atom is -0.482 e. The third kappa shape index (κ3) is 4.44. The molecule has 9 nitrogen and oxygen atoms in total. The van der Waals surface area contributed by atoms with Gasteiger partial charge >= 0.3 is 0 Å². The lowest BCUT2D eigenvalue weighted by Crippen LogP contribution is -2.34. The molecule has 0 spiro atoms. The maximum Gasteiger partial charge on any atom is 0.276 e. The molecule has 0 bridgehead atoms. The van der Waals surface area contributed by atoms with Gasteiger partial charge in [-0.2, -0.15) is 5.10 Å². The Hall–Kier alpha value is -3.04. The molecular formula is C17H17Cl2N7O2. The monoisotopic (exact) mass is 421 g/mol. The molecule has 1 aromatic carbocycles. The Morgan fingerprint density at radius 3 is 2.71 bits per heavy atom. The molecule has 3 aromatic rings. The number of nitrogens with two attached hydrogens (primary N) is 1. The summed E-state index contributed by atoms with van der Waals surface area (Å²) < 4.78 is 6.97. The van der Waals surface area contributed by atoms with Gasteiger partial charge in [-0.05, 0) is 38.1 Å². The number of nitrogen functional groups attached to an aromatic ring is 1. The van der Waals surface area contributed by atoms with E-state index in [1.807, 2.05) is 19.9 Å². The van der Waals surface area contributed by atoms with Crippen LogP contribution in [0.5, 0.6) is 5.75 Å². The van der Waals surface area contributed by atoms with Crippen LogP contribution in [0.3, 0.4) is 0 Å². The highest BCUT2D eigenvalue weighted by atomic mass is 35.5. The minimum absolute atomic E-state index is 0.232. The number of aryl methyl sites for hydroxylation is 2. The van der Waals surface area contributed by atoms with E-state index in [1.165, 1.54) is 12.4 Å². The van der Waals surface area contributed by atoms with Crippen molar-refractivity contribution in [3.05, 3.63) is 52.0 Å². The van der Waals surface area contributed by atoms with Crippen LogP contribution in [-0.4, -0.2) is 32.3 Å². The summed E-state index contributed by atoms with van der Waals surface area (Å²) in [5.74, 6) is 0.517. The number of carbonyl (C=O) groups is 1. The van der Waals surface area contributed by atoms with Crippen LogP contribution in [0.25, 0.3) is 5.82 Å². The maximum atomic E-state index is 12.0. The molecule has 3 rings (SSSR count). The molecule has 0 aliphatic carbocycles. The summed E-state index contributed by atoms with van der Waals surface area (Å²) in [6, 6.07) is 6.61. The third-order valence-corrected chi connectivity index (χ3v) is 4.18. The first-order chi connectivity index (χ1) is 13.3. The van der Waals surface area contributed by atoms with Crippen LogP contribution in [0, 0.1) is 13.8 Å². The zero-order valence-corrected chi connectivity index (χ0v) is 16.5. The molecule has 0 saturated carbocycles. The molecule has 0 fully saturated rings. The predicted molar refractivity (Wildman–Crippen MR) is 107 cm³/mol. The zero-order valence-electron chi connectivity index (χ0n) is 15.0. The predicted octanol–water partition coefficient (Wildman–Crippen LogP) is 2.69. The van der Waals surface area contributed by atoms with E-state index < -0.39 is 5.91 Å². The van der Waals surface area contributed by atoms with E-state index in [2.05, 4.69) is 25.9 Å². The van der Waals surface area contributed by atoms with Gasteiger partial charge in [-0.15, -0.1) is 0 Å². The lowest BCUT2D eigenvalue weighted by Gasteiger charge is -2.13. The number of carbonyl (C=O) groups excluding carboxylic acids is 1. The van der Waals surface area contributed by atoms with E-state index >= 15 is 0 Å². The van der Waals surface area contributed by atoms with Gasteiger partial charge in [0.1, 0.15) is 17.8 Å². The number of nitrogens with one attached hydrogen (secondary N) is 2. The Morgan fingerprint density at radius 1 is 1.25 bits per heavy atom. The largest absolute Gasteiger partial charge is 0.482 e. The third-order valence-electron chi connectivity index (χ3n) is 3.65. The summed E-state index contributed by atoms with van der Waals surface area (Å²) in [7, 11) is 0. The van der Waals surface area contributed by atoms with Crippen molar-refractivity contribution in [1.82, 2.24) is 25.2 Å². The number of hydrogen-bond donors (Lipinski definition) is 3. The van der Waals surface area contributed by atoms with Crippen molar-refractivity contribution >= 4 is 40.6 Å². The number of hydrogen-bond acceptors (Lipinski definition) is 7. The van der Waals surface area contributed by atoms with E-state index in [0.717, 1.165) is 11.4 Å². The van der Waals surface area contributed by atoms with Crippen LogP contribution in [0.1, 0.15) is 11.4 Å². The molecule has 11 heteroatoms. The number of nitrogens with zero attached hydrogens (tertiary/aromatic N) is 4. The Kier molecular flexibility index (Phi) is 5.86. The summed E-state index contributed by atoms with van der Waals surface area (Å²) in [6.45, 7) is 3.48. The number of halogens is 2. The van der Waals surface area contributed by atoms with Gasteiger partial charge in [0.05, 0.1) is 10.7 Å². The van der Waals surface area contributed by atoms with Crippen LogP contribution >= 0.6 is 23.2 Å². The second-order valence-corrected chi connectivity index (χ2v) is 6.68. The molecular weight excluding hydrogens is 405 g/mol. The summed E-state index contributed by atoms with van der Waals surface area (Å²) in [5, 5.41) is 5.13. The number of ether oxygens (including phenoxy) is 1. The molecule has 28 heavy (non-hydrogen) atoms. The fraction of sp³-hybridized carbons (Fsp3) is 0.176. The van der Waals surface area contributed by atoms with Crippen molar-refractivity contribution in [1.29, 1.82) is 0 Å². The van der Waals surface area contributed by atoms with Crippen molar-refractivity contribution in [3.8, 4) is 11.6 Å². The van der Waals surface area contributed by atoms with Gasteiger partial charge in [0.2, 0.25) is 0 Å². The van der Waals surface area contributed by atoms with Gasteiger partial charge in [-0.3, -0.25) is 15.6 Å². The molecule has 0 atom stereocenters. The number of anilines is 2. The second-order valence-electron chi connectivity index (χ2n) is 5.84. The number of aromatic nitrogens is 4. The fourth-order valence-electron chi connectivity index (χ4n) is 2.40. The Labute approximate surface area is 170 Å². The zero-order chi connectivity index (χ0) is 20.3. The number of benzene rings is 1. The van der Waals surface area contributed by atoms with Gasteiger partial charge in [0.15, 0.2) is 18.2 Å². The molecule has 2 aromatic heterocycles. The Morgan fingerprint density at radius 2 is 2.04 bits per heavy atom. The first-order valence-corrected chi connectivity index (χ1v) is 8.87. The van der Waals surface area contributed by atoms with Crippen molar-refractivity contribution in [2.45, 2.75) is 13.8 Å². The smallest absolute Gasteiger partial charge is 0.276 e. The van der Waals surface area contributed by atoms with E-state index in [4.69, 9.17) is 33.7 Å². The van der Waals surface area contributed by atoms with Gasteiger partial charge in [-0.1, -0.05) is 23.2 Å². The summed E-state index contributed by atoms with van der Waals surface area (Å²) in [6.07, 6.45) is 1.32. The van der Waals surface area contributed by atoms with Crippen molar-refractivity contribution < 1.29 is 9.53 Å². The van der Waals surface area contributed by atoms with Gasteiger partial charge in [-0.25, -0.2) is 14.6 Å². The standard InChI is InChI=1S/C17H17Cl2N7O2/c1-9-5-10(2)26(25-9)17-15(20)16(21-8-22-17)24-23-14(27)7-28-13-4-3-11(18)6-12(13)19/h3-6,8H,7,20H2,1-2H3,(H,23,27)(H,21,22,24). The molecule has 1 amide bonds. The Balaban J connectivity index is 1.63. The normalized spacial score (nSPS) is 10.6. The summed E-state index contributed by atoms with van der Waals surface area (Å²) in [4.78, 5) is 20.2. The molecule has 0 radical (unpaired) electrons. The Bertz CT molecular complexity index is 1020. The van der Waals surface area contributed by atoms with Crippen molar-refractivity contribution in [2.24, 2.45) is 0 Å². The molecule has 0 unspecified atom stereocenters. The molecule has 4 N–H and O–H groups in total.